The standard InChI is InChI=1S/C34H46O3/c1-6-26-16-25-8-7-9-27(17-25)34(26,28-12-21(2)32(22(3)13-28)11-10-30-18-35-30)29-14-23(4)33(24(5)15-29)37-20-31-19-36-31/h12-15,25-27,30-31H,6-11,16-20H2,1-5H3. The number of hydrogen-bond donors (Lipinski definition) is 0. The van der Waals surface area contributed by atoms with E-state index in [1.54, 1.807) is 5.56 Å². The largest absolute Gasteiger partial charge is 0.490 e. The van der Waals surface area contributed by atoms with E-state index in [4.69, 9.17) is 14.2 Å². The van der Waals surface area contributed by atoms with E-state index in [0.717, 1.165) is 37.7 Å². The van der Waals surface area contributed by atoms with Crippen LogP contribution < -0.4 is 4.74 Å². The summed E-state index contributed by atoms with van der Waals surface area (Å²) >= 11 is 0. The molecule has 0 amide bonds. The molecule has 2 aromatic rings. The Morgan fingerprint density at radius 2 is 1.46 bits per heavy atom. The molecule has 2 aliphatic carbocycles. The molecule has 6 atom stereocenters. The lowest BCUT2D eigenvalue weighted by atomic mass is 9.48. The van der Waals surface area contributed by atoms with E-state index in [0.29, 0.717) is 24.5 Å². The molecule has 2 heterocycles. The van der Waals surface area contributed by atoms with Crippen LogP contribution in [0.2, 0.25) is 0 Å². The lowest BCUT2D eigenvalue weighted by molar-refractivity contribution is 0.0528. The van der Waals surface area contributed by atoms with E-state index in [-0.39, 0.29) is 11.5 Å². The number of benzene rings is 2. The molecule has 2 saturated heterocycles. The monoisotopic (exact) mass is 502 g/mol. The second-order valence-corrected chi connectivity index (χ2v) is 12.7. The van der Waals surface area contributed by atoms with E-state index in [1.807, 2.05) is 0 Å². The molecule has 3 heteroatoms. The number of hydrogen-bond acceptors (Lipinski definition) is 3. The molecule has 0 spiro atoms. The maximum absolute atomic E-state index is 6.28. The Balaban J connectivity index is 1.46. The fourth-order valence-electron chi connectivity index (χ4n) is 8.36. The zero-order chi connectivity index (χ0) is 25.7. The number of ether oxygens (including phenoxy) is 3. The van der Waals surface area contributed by atoms with Crippen LogP contribution in [-0.4, -0.2) is 32.0 Å². The average Bonchev–Trinajstić information content (AvgIpc) is 3.78. The van der Waals surface area contributed by atoms with Gasteiger partial charge in [0.2, 0.25) is 0 Å². The predicted molar refractivity (Wildman–Crippen MR) is 150 cm³/mol. The second kappa shape index (κ2) is 10.0. The summed E-state index contributed by atoms with van der Waals surface area (Å²) in [7, 11) is 0. The summed E-state index contributed by atoms with van der Waals surface area (Å²) in [5.41, 5.74) is 10.2. The Kier molecular flexibility index (Phi) is 6.90. The van der Waals surface area contributed by atoms with Crippen LogP contribution in [0.1, 0.15) is 90.8 Å². The predicted octanol–water partition coefficient (Wildman–Crippen LogP) is 7.55. The summed E-state index contributed by atoms with van der Waals surface area (Å²) in [6.45, 7) is 14.1. The van der Waals surface area contributed by atoms with Crippen molar-refractivity contribution in [3.8, 4) is 5.75 Å². The third-order valence-corrected chi connectivity index (χ3v) is 10.2. The molecule has 200 valence electrons. The summed E-state index contributed by atoms with van der Waals surface area (Å²) in [6.07, 6.45) is 11.2. The van der Waals surface area contributed by atoms with Crippen LogP contribution in [0.4, 0.5) is 0 Å². The maximum atomic E-state index is 6.28. The lowest BCUT2D eigenvalue weighted by Crippen LogP contribution is -2.50. The quantitative estimate of drug-likeness (QED) is 0.332. The molecule has 4 fully saturated rings. The molecule has 2 aliphatic heterocycles. The van der Waals surface area contributed by atoms with Gasteiger partial charge in [0.15, 0.2) is 0 Å². The normalized spacial score (nSPS) is 32.3. The highest BCUT2D eigenvalue weighted by molar-refractivity contribution is 5.53. The first-order chi connectivity index (χ1) is 17.9. The van der Waals surface area contributed by atoms with Crippen LogP contribution in [0, 0.1) is 45.4 Å². The minimum atomic E-state index is 0.0764. The van der Waals surface area contributed by atoms with Gasteiger partial charge in [0.05, 0.1) is 19.3 Å². The number of aryl methyl sites for hydroxylation is 4. The van der Waals surface area contributed by atoms with Crippen molar-refractivity contribution in [2.24, 2.45) is 17.8 Å². The molecule has 6 unspecified atom stereocenters. The number of rotatable bonds is 9. The molecule has 6 rings (SSSR count). The molecule has 2 aromatic carbocycles. The van der Waals surface area contributed by atoms with E-state index >= 15 is 0 Å². The van der Waals surface area contributed by atoms with Crippen LogP contribution >= 0.6 is 0 Å². The molecule has 4 aliphatic rings. The average molecular weight is 503 g/mol. The third kappa shape index (κ3) is 4.76. The van der Waals surface area contributed by atoms with E-state index in [9.17, 15) is 0 Å². The Hall–Kier alpha value is -1.84. The van der Waals surface area contributed by atoms with Crippen LogP contribution in [0.15, 0.2) is 24.3 Å². The Morgan fingerprint density at radius 1 is 0.838 bits per heavy atom. The van der Waals surface area contributed by atoms with Crippen molar-refractivity contribution in [3.05, 3.63) is 63.2 Å². The van der Waals surface area contributed by atoms with Crippen molar-refractivity contribution in [2.75, 3.05) is 19.8 Å². The van der Waals surface area contributed by atoms with Crippen molar-refractivity contribution in [2.45, 2.75) is 104 Å². The Bertz CT molecular complexity index is 1020. The molecule has 0 aromatic heterocycles. The van der Waals surface area contributed by atoms with Crippen molar-refractivity contribution >= 4 is 0 Å². The first kappa shape index (κ1) is 25.4. The van der Waals surface area contributed by atoms with Gasteiger partial charge in [-0.05, 0) is 116 Å². The summed E-state index contributed by atoms with van der Waals surface area (Å²) in [4.78, 5) is 0. The summed E-state index contributed by atoms with van der Waals surface area (Å²) in [6, 6.07) is 10.2. The molecule has 0 radical (unpaired) electrons. The number of fused-ring (bicyclic) bond motifs is 2. The lowest BCUT2D eigenvalue weighted by Gasteiger charge is -2.55. The van der Waals surface area contributed by atoms with Crippen molar-refractivity contribution in [1.82, 2.24) is 0 Å². The topological polar surface area (TPSA) is 34.3 Å². The Labute approximate surface area is 224 Å². The molecule has 2 bridgehead atoms. The SMILES string of the molecule is CCC1CC2CCCC(C2)C1(c1cc(C)c(CCC2CO2)c(C)c1)c1cc(C)c(OCC2CO2)c(C)c1. The maximum Gasteiger partial charge on any atom is 0.125 e. The van der Waals surface area contributed by atoms with E-state index in [1.165, 1.54) is 71.9 Å². The van der Waals surface area contributed by atoms with Gasteiger partial charge in [0.1, 0.15) is 18.5 Å². The van der Waals surface area contributed by atoms with Crippen molar-refractivity contribution in [1.29, 1.82) is 0 Å². The molecular weight excluding hydrogens is 456 g/mol. The molecular formula is C34H46O3. The minimum Gasteiger partial charge on any atom is -0.490 e. The van der Waals surface area contributed by atoms with E-state index < -0.39 is 0 Å². The highest BCUT2D eigenvalue weighted by Crippen LogP contribution is 2.59. The zero-order valence-corrected chi connectivity index (χ0v) is 23.7. The van der Waals surface area contributed by atoms with Gasteiger partial charge in [-0.1, -0.05) is 50.5 Å². The van der Waals surface area contributed by atoms with Gasteiger partial charge in [0, 0.05) is 5.41 Å². The zero-order valence-electron chi connectivity index (χ0n) is 23.7. The summed E-state index contributed by atoms with van der Waals surface area (Å²) < 4.78 is 17.2. The Morgan fingerprint density at radius 3 is 2.05 bits per heavy atom. The highest BCUT2D eigenvalue weighted by Gasteiger charge is 2.53. The second-order valence-electron chi connectivity index (χ2n) is 12.7. The van der Waals surface area contributed by atoms with Gasteiger partial charge in [0.25, 0.3) is 0 Å². The summed E-state index contributed by atoms with van der Waals surface area (Å²) in [5.74, 6) is 3.34. The van der Waals surface area contributed by atoms with Crippen molar-refractivity contribution < 1.29 is 14.2 Å². The summed E-state index contributed by atoms with van der Waals surface area (Å²) in [5, 5.41) is 0. The number of epoxide rings is 2. The van der Waals surface area contributed by atoms with Gasteiger partial charge in [-0.25, -0.2) is 0 Å². The smallest absolute Gasteiger partial charge is 0.125 e. The van der Waals surface area contributed by atoms with Crippen LogP contribution in [-0.2, 0) is 21.3 Å². The van der Waals surface area contributed by atoms with Crippen molar-refractivity contribution in [3.63, 3.8) is 0 Å². The van der Waals surface area contributed by atoms with Gasteiger partial charge in [-0.2, -0.15) is 0 Å². The fraction of sp³-hybridized carbons (Fsp3) is 0.647. The van der Waals surface area contributed by atoms with Crippen LogP contribution in [0.5, 0.6) is 5.75 Å². The molecule has 0 N–H and O–H groups in total. The van der Waals surface area contributed by atoms with Gasteiger partial charge in [-0.15, -0.1) is 0 Å². The first-order valence-corrected chi connectivity index (χ1v) is 15.0. The van der Waals surface area contributed by atoms with Crippen LogP contribution in [0.25, 0.3) is 0 Å². The molecule has 3 nitrogen and oxygen atoms in total. The highest BCUT2D eigenvalue weighted by atomic mass is 16.6. The van der Waals surface area contributed by atoms with Gasteiger partial charge in [-0.3, -0.25) is 0 Å². The molecule has 37 heavy (non-hydrogen) atoms. The fourth-order valence-corrected chi connectivity index (χ4v) is 8.36. The minimum absolute atomic E-state index is 0.0764. The van der Waals surface area contributed by atoms with Gasteiger partial charge >= 0.3 is 0 Å². The van der Waals surface area contributed by atoms with Crippen LogP contribution in [0.3, 0.4) is 0 Å². The molecule has 2 saturated carbocycles. The van der Waals surface area contributed by atoms with Gasteiger partial charge < -0.3 is 14.2 Å². The van der Waals surface area contributed by atoms with E-state index in [2.05, 4.69) is 58.9 Å². The first-order valence-electron chi connectivity index (χ1n) is 15.0. The third-order valence-electron chi connectivity index (χ3n) is 10.2.